The molecule has 3 saturated carbocycles. The maximum Gasteiger partial charge on any atom is 0.324 e. The standard InChI is InChI=1S/C31H38N4O7S/c1-30(2)23-13-14-31(30,27(36)17-23)19-43(40,41)34-26(29(37)42-3)15-20-7-9-21(10-8-20)22-5-4-6-25(16-22)33-28(18-35(38)39)32-24-11-12-24/h4-10,16,18,23-24,26,32-34H,11-15,17,19H2,1-3H3/b28-18+/t23-,26-,31?/m0/s1. The molecule has 0 heterocycles. The summed E-state index contributed by atoms with van der Waals surface area (Å²) in [6, 6.07) is 13.9. The fourth-order valence-electron chi connectivity index (χ4n) is 6.67. The van der Waals surface area contributed by atoms with Crippen LogP contribution in [0.5, 0.6) is 0 Å². The molecule has 0 aromatic heterocycles. The number of nitrogens with one attached hydrogen (secondary N) is 3. The van der Waals surface area contributed by atoms with Gasteiger partial charge in [-0.15, -0.1) is 0 Å². The second-order valence-corrected chi connectivity index (χ2v) is 14.2. The number of methoxy groups -OCH3 is 1. The van der Waals surface area contributed by atoms with E-state index in [2.05, 4.69) is 15.4 Å². The lowest BCUT2D eigenvalue weighted by Crippen LogP contribution is -2.50. The Bertz CT molecular complexity index is 1550. The number of nitrogens with zero attached hydrogens (tertiary/aromatic N) is 1. The van der Waals surface area contributed by atoms with Crippen molar-refractivity contribution in [2.45, 2.75) is 64.5 Å². The average Bonchev–Trinajstić information content (AvgIpc) is 3.70. The summed E-state index contributed by atoms with van der Waals surface area (Å²) in [6.45, 7) is 3.95. The molecular weight excluding hydrogens is 572 g/mol. The summed E-state index contributed by atoms with van der Waals surface area (Å²) in [5.74, 6) is -0.546. The number of carbonyl (C=O) groups is 2. The van der Waals surface area contributed by atoms with Crippen LogP contribution in [0, 0.1) is 26.9 Å². The van der Waals surface area contributed by atoms with Gasteiger partial charge in [0.25, 0.3) is 6.20 Å². The van der Waals surface area contributed by atoms with Crippen molar-refractivity contribution >= 4 is 27.5 Å². The number of ketones is 1. The fraction of sp³-hybridized carbons (Fsp3) is 0.484. The predicted molar refractivity (Wildman–Crippen MR) is 162 cm³/mol. The number of hydrogen-bond acceptors (Lipinski definition) is 9. The van der Waals surface area contributed by atoms with Crippen LogP contribution in [0.2, 0.25) is 0 Å². The van der Waals surface area contributed by atoms with E-state index in [1.54, 1.807) is 0 Å². The second-order valence-electron chi connectivity index (χ2n) is 12.5. The Kier molecular flexibility index (Phi) is 8.36. The molecule has 2 aromatic rings. The number of benzene rings is 2. The van der Waals surface area contributed by atoms with Gasteiger partial charge < -0.3 is 15.4 Å². The molecule has 3 atom stereocenters. The van der Waals surface area contributed by atoms with E-state index in [9.17, 15) is 28.1 Å². The molecule has 230 valence electrons. The summed E-state index contributed by atoms with van der Waals surface area (Å²) >= 11 is 0. The van der Waals surface area contributed by atoms with Gasteiger partial charge in [-0.2, -0.15) is 0 Å². The maximum absolute atomic E-state index is 13.4. The number of esters is 1. The van der Waals surface area contributed by atoms with Gasteiger partial charge in [-0.1, -0.05) is 50.2 Å². The van der Waals surface area contributed by atoms with E-state index in [1.165, 1.54) is 7.11 Å². The lowest BCUT2D eigenvalue weighted by atomic mass is 9.70. The van der Waals surface area contributed by atoms with Crippen LogP contribution in [0.3, 0.4) is 0 Å². The van der Waals surface area contributed by atoms with E-state index in [0.29, 0.717) is 24.4 Å². The van der Waals surface area contributed by atoms with Gasteiger partial charge in [-0.3, -0.25) is 19.7 Å². The van der Waals surface area contributed by atoms with E-state index in [0.717, 1.165) is 42.2 Å². The number of ether oxygens (including phenoxy) is 1. The van der Waals surface area contributed by atoms with Crippen molar-refractivity contribution in [3.8, 4) is 11.1 Å². The summed E-state index contributed by atoms with van der Waals surface area (Å²) in [5, 5.41) is 17.3. The minimum absolute atomic E-state index is 0.00666. The fourth-order valence-corrected chi connectivity index (χ4v) is 8.69. The van der Waals surface area contributed by atoms with Crippen molar-refractivity contribution in [2.75, 3.05) is 18.2 Å². The van der Waals surface area contributed by atoms with Crippen LogP contribution < -0.4 is 15.4 Å². The minimum Gasteiger partial charge on any atom is -0.468 e. The third-order valence-electron chi connectivity index (χ3n) is 9.42. The van der Waals surface area contributed by atoms with E-state index in [-0.39, 0.29) is 29.9 Å². The Labute approximate surface area is 251 Å². The predicted octanol–water partition coefficient (Wildman–Crippen LogP) is 3.99. The highest BCUT2D eigenvalue weighted by Gasteiger charge is 2.65. The molecule has 11 nitrogen and oxygen atoms in total. The molecule has 3 fully saturated rings. The first kappa shape index (κ1) is 30.7. The number of sulfonamides is 1. The zero-order valence-electron chi connectivity index (χ0n) is 24.6. The zero-order valence-corrected chi connectivity index (χ0v) is 25.4. The lowest BCUT2D eigenvalue weighted by molar-refractivity contribution is -0.403. The average molecular weight is 611 g/mol. The van der Waals surface area contributed by atoms with E-state index >= 15 is 0 Å². The van der Waals surface area contributed by atoms with Crippen LogP contribution in [0.4, 0.5) is 5.69 Å². The monoisotopic (exact) mass is 610 g/mol. The van der Waals surface area contributed by atoms with Gasteiger partial charge in [-0.05, 0) is 72.3 Å². The Hall–Kier alpha value is -3.77. The van der Waals surface area contributed by atoms with Crippen LogP contribution in [-0.2, 0) is 30.8 Å². The molecule has 43 heavy (non-hydrogen) atoms. The van der Waals surface area contributed by atoms with Crippen LogP contribution in [-0.4, -0.2) is 50.0 Å². The summed E-state index contributed by atoms with van der Waals surface area (Å²) in [7, 11) is -2.78. The first-order chi connectivity index (χ1) is 20.3. The Balaban J connectivity index is 1.28. The molecule has 0 amide bonds. The van der Waals surface area contributed by atoms with Gasteiger partial charge in [0.15, 0.2) is 5.82 Å². The molecule has 3 N–H and O–H groups in total. The lowest BCUT2D eigenvalue weighted by Gasteiger charge is -2.36. The molecule has 0 radical (unpaired) electrons. The number of rotatable bonds is 13. The molecule has 5 rings (SSSR count). The van der Waals surface area contributed by atoms with Gasteiger partial charge in [0.1, 0.15) is 11.8 Å². The number of Topliss-reactive ketones (excluding diaryl/α,β-unsaturated/α-hetero) is 1. The molecular formula is C31H38N4O7S. The molecule has 3 aliphatic carbocycles. The van der Waals surface area contributed by atoms with E-state index < -0.39 is 37.8 Å². The first-order valence-electron chi connectivity index (χ1n) is 14.5. The van der Waals surface area contributed by atoms with Gasteiger partial charge in [0, 0.05) is 23.6 Å². The zero-order chi connectivity index (χ0) is 31.0. The SMILES string of the molecule is COC(=O)[C@H](Cc1ccc(-c2cccc(N/C(=C/[N+](=O)[O-])NC3CC3)c2)cc1)NS(=O)(=O)CC12CC[C@@H](CC1=O)C2(C)C. The van der Waals surface area contributed by atoms with Crippen molar-refractivity contribution < 1.29 is 27.7 Å². The topological polar surface area (TPSA) is 157 Å². The Morgan fingerprint density at radius 2 is 1.86 bits per heavy atom. The molecule has 3 aliphatic rings. The summed E-state index contributed by atoms with van der Waals surface area (Å²) in [4.78, 5) is 36.1. The third kappa shape index (κ3) is 6.59. The normalized spacial score (nSPS) is 23.6. The van der Waals surface area contributed by atoms with Crippen molar-refractivity contribution in [1.82, 2.24) is 10.0 Å². The van der Waals surface area contributed by atoms with Gasteiger partial charge >= 0.3 is 5.97 Å². The highest BCUT2D eigenvalue weighted by molar-refractivity contribution is 7.89. The van der Waals surface area contributed by atoms with E-state index in [4.69, 9.17) is 4.74 Å². The molecule has 12 heteroatoms. The number of fused-ring (bicyclic) bond motifs is 2. The number of hydrogen-bond donors (Lipinski definition) is 3. The Morgan fingerprint density at radius 1 is 1.14 bits per heavy atom. The molecule has 1 unspecified atom stereocenters. The second kappa shape index (κ2) is 11.7. The molecule has 2 aromatic carbocycles. The quantitative estimate of drug-likeness (QED) is 0.173. The van der Waals surface area contributed by atoms with Crippen LogP contribution in [0.15, 0.2) is 60.6 Å². The number of nitro groups is 1. The summed E-state index contributed by atoms with van der Waals surface area (Å²) in [6.07, 6.45) is 4.71. The highest BCUT2D eigenvalue weighted by Crippen LogP contribution is 2.64. The van der Waals surface area contributed by atoms with Gasteiger partial charge in [0.2, 0.25) is 10.0 Å². The number of anilines is 1. The first-order valence-corrected chi connectivity index (χ1v) is 16.2. The molecule has 0 saturated heterocycles. The third-order valence-corrected chi connectivity index (χ3v) is 10.9. The van der Waals surface area contributed by atoms with Crippen LogP contribution in [0.25, 0.3) is 11.1 Å². The number of carbonyl (C=O) groups excluding carboxylic acids is 2. The van der Waals surface area contributed by atoms with Crippen molar-refractivity contribution in [3.63, 3.8) is 0 Å². The van der Waals surface area contributed by atoms with Crippen LogP contribution >= 0.6 is 0 Å². The van der Waals surface area contributed by atoms with Gasteiger partial charge in [-0.25, -0.2) is 13.1 Å². The van der Waals surface area contributed by atoms with Crippen molar-refractivity contribution in [1.29, 1.82) is 0 Å². The van der Waals surface area contributed by atoms with E-state index in [1.807, 2.05) is 62.4 Å². The van der Waals surface area contributed by atoms with Crippen molar-refractivity contribution in [3.05, 3.63) is 76.2 Å². The smallest absolute Gasteiger partial charge is 0.324 e. The maximum atomic E-state index is 13.4. The molecule has 2 bridgehead atoms. The highest BCUT2D eigenvalue weighted by atomic mass is 32.2. The Morgan fingerprint density at radius 3 is 2.44 bits per heavy atom. The molecule has 0 spiro atoms. The van der Waals surface area contributed by atoms with Gasteiger partial charge in [0.05, 0.1) is 17.8 Å². The summed E-state index contributed by atoms with van der Waals surface area (Å²) < 4.78 is 34.2. The molecule has 0 aliphatic heterocycles. The summed E-state index contributed by atoms with van der Waals surface area (Å²) in [5.41, 5.74) is 1.78. The van der Waals surface area contributed by atoms with Crippen molar-refractivity contribution in [2.24, 2.45) is 16.7 Å². The van der Waals surface area contributed by atoms with Crippen LogP contribution in [0.1, 0.15) is 51.5 Å². The minimum atomic E-state index is -4.00. The largest absolute Gasteiger partial charge is 0.468 e.